The van der Waals surface area contributed by atoms with Crippen LogP contribution in [-0.2, 0) is 19.1 Å². The largest absolute Gasteiger partial charge is 0.497 e. The normalized spacial score (nSPS) is 19.0. The molecule has 1 aliphatic carbocycles. The van der Waals surface area contributed by atoms with Crippen molar-refractivity contribution in [2.45, 2.75) is 38.5 Å². The zero-order chi connectivity index (χ0) is 27.2. The standard InChI is InChI=1S/C30H35NO7/c1-6-37-14-15-38-30(33)26-18(2)31-23-16-20(19-10-12-21(34-3)13-11-19)17-24(32)28(23)27(26)22-8-7-9-25(35-4)29(22)36-5/h7-13,20,27,31H,6,14-17H2,1-5H3. The summed E-state index contributed by atoms with van der Waals surface area (Å²) in [5.41, 5.74) is 4.12. The first kappa shape index (κ1) is 27.3. The first-order valence-corrected chi connectivity index (χ1v) is 12.8. The number of para-hydroxylation sites is 1. The highest BCUT2D eigenvalue weighted by molar-refractivity contribution is 6.04. The van der Waals surface area contributed by atoms with Gasteiger partial charge in [-0.1, -0.05) is 24.3 Å². The number of allylic oxidation sites excluding steroid dienone is 3. The number of esters is 1. The van der Waals surface area contributed by atoms with E-state index in [0.717, 1.165) is 17.0 Å². The maximum atomic E-state index is 13.9. The minimum Gasteiger partial charge on any atom is -0.497 e. The number of methoxy groups -OCH3 is 3. The van der Waals surface area contributed by atoms with Crippen LogP contribution in [0.3, 0.4) is 0 Å². The lowest BCUT2D eigenvalue weighted by Crippen LogP contribution is -2.36. The van der Waals surface area contributed by atoms with Crippen LogP contribution in [0, 0.1) is 0 Å². The van der Waals surface area contributed by atoms with Gasteiger partial charge >= 0.3 is 5.97 Å². The second-order valence-corrected chi connectivity index (χ2v) is 9.21. The molecule has 202 valence electrons. The van der Waals surface area contributed by atoms with Gasteiger partial charge in [0, 0.05) is 35.6 Å². The van der Waals surface area contributed by atoms with Crippen molar-refractivity contribution in [2.24, 2.45) is 0 Å². The monoisotopic (exact) mass is 521 g/mol. The van der Waals surface area contributed by atoms with E-state index in [2.05, 4.69) is 5.32 Å². The molecular weight excluding hydrogens is 486 g/mol. The van der Waals surface area contributed by atoms with Crippen LogP contribution in [0.1, 0.15) is 49.7 Å². The first-order valence-electron chi connectivity index (χ1n) is 12.8. The highest BCUT2D eigenvalue weighted by Crippen LogP contribution is 2.49. The summed E-state index contributed by atoms with van der Waals surface area (Å²) in [4.78, 5) is 27.3. The van der Waals surface area contributed by atoms with E-state index >= 15 is 0 Å². The average molecular weight is 522 g/mol. The number of hydrogen-bond acceptors (Lipinski definition) is 8. The van der Waals surface area contributed by atoms with Crippen molar-refractivity contribution < 1.29 is 33.3 Å². The third-order valence-electron chi connectivity index (χ3n) is 7.04. The van der Waals surface area contributed by atoms with Gasteiger partial charge in [0.15, 0.2) is 17.3 Å². The number of hydrogen-bond donors (Lipinski definition) is 1. The Morgan fingerprint density at radius 2 is 1.74 bits per heavy atom. The van der Waals surface area contributed by atoms with E-state index in [4.69, 9.17) is 23.7 Å². The number of ketones is 1. The van der Waals surface area contributed by atoms with Crippen molar-refractivity contribution in [3.05, 3.63) is 76.1 Å². The second-order valence-electron chi connectivity index (χ2n) is 9.21. The van der Waals surface area contributed by atoms with Gasteiger partial charge in [0.25, 0.3) is 0 Å². The van der Waals surface area contributed by atoms with Gasteiger partial charge in [0.1, 0.15) is 12.4 Å². The molecule has 8 nitrogen and oxygen atoms in total. The van der Waals surface area contributed by atoms with Crippen LogP contribution in [0.2, 0.25) is 0 Å². The average Bonchev–Trinajstić information content (AvgIpc) is 2.93. The van der Waals surface area contributed by atoms with Crippen LogP contribution in [-0.4, -0.2) is 52.9 Å². The molecule has 0 saturated heterocycles. The second kappa shape index (κ2) is 12.2. The lowest BCUT2D eigenvalue weighted by atomic mass is 9.71. The third-order valence-corrected chi connectivity index (χ3v) is 7.04. The van der Waals surface area contributed by atoms with Crippen molar-refractivity contribution in [3.8, 4) is 17.2 Å². The van der Waals surface area contributed by atoms with Crippen molar-refractivity contribution in [1.82, 2.24) is 5.32 Å². The summed E-state index contributed by atoms with van der Waals surface area (Å²) in [6.07, 6.45) is 0.946. The maximum absolute atomic E-state index is 13.9. The van der Waals surface area contributed by atoms with Crippen LogP contribution in [0.5, 0.6) is 17.2 Å². The molecular formula is C30H35NO7. The van der Waals surface area contributed by atoms with Crippen LogP contribution >= 0.6 is 0 Å². The van der Waals surface area contributed by atoms with E-state index in [-0.39, 0.29) is 18.3 Å². The highest BCUT2D eigenvalue weighted by Gasteiger charge is 2.42. The van der Waals surface area contributed by atoms with Gasteiger partial charge in [-0.25, -0.2) is 4.79 Å². The Balaban J connectivity index is 1.77. The molecule has 0 radical (unpaired) electrons. The molecule has 2 aromatic carbocycles. The number of nitrogens with one attached hydrogen (secondary N) is 1. The molecule has 1 aliphatic heterocycles. The van der Waals surface area contributed by atoms with Gasteiger partial charge in [0.2, 0.25) is 0 Å². The van der Waals surface area contributed by atoms with E-state index in [9.17, 15) is 9.59 Å². The van der Waals surface area contributed by atoms with E-state index < -0.39 is 11.9 Å². The Bertz CT molecular complexity index is 1250. The summed E-state index contributed by atoms with van der Waals surface area (Å²) >= 11 is 0. The fraction of sp³-hybridized carbons (Fsp3) is 0.400. The van der Waals surface area contributed by atoms with Gasteiger partial charge in [-0.15, -0.1) is 0 Å². The zero-order valence-electron chi connectivity index (χ0n) is 22.6. The molecule has 0 bridgehead atoms. The van der Waals surface area contributed by atoms with Crippen molar-refractivity contribution >= 4 is 11.8 Å². The minimum atomic E-state index is -0.666. The Morgan fingerprint density at radius 1 is 0.974 bits per heavy atom. The highest BCUT2D eigenvalue weighted by atomic mass is 16.6. The lowest BCUT2D eigenvalue weighted by Gasteiger charge is -2.37. The van der Waals surface area contributed by atoms with Gasteiger partial charge in [-0.3, -0.25) is 4.79 Å². The Kier molecular flexibility index (Phi) is 8.73. The van der Waals surface area contributed by atoms with Crippen molar-refractivity contribution in [2.75, 3.05) is 41.2 Å². The number of carbonyl (C=O) groups excluding carboxylic acids is 2. The quantitative estimate of drug-likeness (QED) is 0.357. The smallest absolute Gasteiger partial charge is 0.336 e. The van der Waals surface area contributed by atoms with Crippen LogP contribution in [0.25, 0.3) is 0 Å². The third kappa shape index (κ3) is 5.41. The van der Waals surface area contributed by atoms with E-state index in [1.54, 1.807) is 27.4 Å². The fourth-order valence-corrected chi connectivity index (χ4v) is 5.29. The molecule has 1 N–H and O–H groups in total. The Hall–Kier alpha value is -3.78. The summed E-state index contributed by atoms with van der Waals surface area (Å²) in [5, 5.41) is 3.38. The van der Waals surface area contributed by atoms with Crippen LogP contribution in [0.15, 0.2) is 65.0 Å². The predicted molar refractivity (Wildman–Crippen MR) is 143 cm³/mol. The molecule has 0 spiro atoms. The Morgan fingerprint density at radius 3 is 2.39 bits per heavy atom. The lowest BCUT2D eigenvalue weighted by molar-refractivity contribution is -0.140. The van der Waals surface area contributed by atoms with Crippen LogP contribution < -0.4 is 19.5 Å². The van der Waals surface area contributed by atoms with Crippen molar-refractivity contribution in [3.63, 3.8) is 0 Å². The molecule has 0 saturated carbocycles. The fourth-order valence-electron chi connectivity index (χ4n) is 5.29. The number of ether oxygens (including phenoxy) is 5. The predicted octanol–water partition coefficient (Wildman–Crippen LogP) is 4.65. The summed E-state index contributed by atoms with van der Waals surface area (Å²) in [6.45, 7) is 4.66. The van der Waals surface area contributed by atoms with Crippen LogP contribution in [0.4, 0.5) is 0 Å². The number of benzene rings is 2. The summed E-state index contributed by atoms with van der Waals surface area (Å²) < 4.78 is 27.5. The molecule has 2 aromatic rings. The molecule has 0 aromatic heterocycles. The molecule has 38 heavy (non-hydrogen) atoms. The number of carbonyl (C=O) groups is 2. The van der Waals surface area contributed by atoms with E-state index in [0.29, 0.717) is 60.0 Å². The topological polar surface area (TPSA) is 92.3 Å². The SMILES string of the molecule is CCOCCOC(=O)C1=C(C)NC2=C(C(=O)CC(c3ccc(OC)cc3)C2)C1c1cccc(OC)c1OC. The minimum absolute atomic E-state index is 0.00000489. The molecule has 2 atom stereocenters. The molecule has 0 fully saturated rings. The number of dihydropyridines is 1. The molecule has 2 aliphatic rings. The summed E-state index contributed by atoms with van der Waals surface area (Å²) in [7, 11) is 4.74. The number of Topliss-reactive ketones (excluding diaryl/α,β-unsaturated/α-hetero) is 1. The molecule has 8 heteroatoms. The van der Waals surface area contributed by atoms with Gasteiger partial charge in [-0.05, 0) is 49.9 Å². The van der Waals surface area contributed by atoms with Gasteiger partial charge in [0.05, 0.1) is 39.4 Å². The molecule has 1 heterocycles. The summed E-state index contributed by atoms with van der Waals surface area (Å²) in [6, 6.07) is 13.3. The molecule has 0 amide bonds. The van der Waals surface area contributed by atoms with Gasteiger partial charge in [-0.2, -0.15) is 0 Å². The zero-order valence-corrected chi connectivity index (χ0v) is 22.6. The van der Waals surface area contributed by atoms with Gasteiger partial charge < -0.3 is 29.0 Å². The van der Waals surface area contributed by atoms with E-state index in [1.165, 1.54) is 0 Å². The summed E-state index contributed by atoms with van der Waals surface area (Å²) in [5.74, 6) is 0.573. The maximum Gasteiger partial charge on any atom is 0.336 e. The molecule has 4 rings (SSSR count). The van der Waals surface area contributed by atoms with Crippen molar-refractivity contribution in [1.29, 1.82) is 0 Å². The first-order chi connectivity index (χ1) is 18.4. The molecule has 2 unspecified atom stereocenters. The Labute approximate surface area is 223 Å². The number of rotatable bonds is 10. The van der Waals surface area contributed by atoms with E-state index in [1.807, 2.05) is 50.2 Å².